The van der Waals surface area contributed by atoms with Crippen LogP contribution < -0.4 is 10.1 Å². The van der Waals surface area contributed by atoms with E-state index in [2.05, 4.69) is 5.32 Å². The van der Waals surface area contributed by atoms with E-state index in [0.29, 0.717) is 15.0 Å². The Labute approximate surface area is 163 Å². The van der Waals surface area contributed by atoms with Crippen LogP contribution in [0.1, 0.15) is 5.56 Å². The summed E-state index contributed by atoms with van der Waals surface area (Å²) < 4.78 is 5.59. The molecule has 8 heteroatoms. The summed E-state index contributed by atoms with van der Waals surface area (Å²) in [5.41, 5.74) is 0.922. The number of carbonyl (C=O) groups is 2. The van der Waals surface area contributed by atoms with Crippen LogP contribution in [0.3, 0.4) is 0 Å². The molecule has 0 aliphatic carbocycles. The van der Waals surface area contributed by atoms with Crippen molar-refractivity contribution in [2.75, 3.05) is 6.61 Å². The number of carboxylic acids is 1. The van der Waals surface area contributed by atoms with Crippen LogP contribution in [-0.2, 0) is 9.59 Å². The molecule has 0 radical (unpaired) electrons. The van der Waals surface area contributed by atoms with E-state index >= 15 is 0 Å². The normalized spacial score (nSPS) is 15.2. The number of hydrogen-bond donors (Lipinski definition) is 2. The van der Waals surface area contributed by atoms with Gasteiger partial charge in [-0.05, 0) is 42.0 Å². The van der Waals surface area contributed by atoms with Crippen LogP contribution >= 0.6 is 35.7 Å². The predicted molar refractivity (Wildman–Crippen MR) is 106 cm³/mol. The zero-order valence-corrected chi connectivity index (χ0v) is 15.7. The molecule has 26 heavy (non-hydrogen) atoms. The zero-order chi connectivity index (χ0) is 18.5. The summed E-state index contributed by atoms with van der Waals surface area (Å²) in [6, 6.07) is 14.9. The van der Waals surface area contributed by atoms with Crippen molar-refractivity contribution in [2.45, 2.75) is 9.79 Å². The van der Waals surface area contributed by atoms with E-state index in [1.807, 2.05) is 42.5 Å². The fourth-order valence-corrected chi connectivity index (χ4v) is 4.08. The van der Waals surface area contributed by atoms with Gasteiger partial charge in [0.15, 0.2) is 6.61 Å². The average Bonchev–Trinajstić information content (AvgIpc) is 2.93. The maximum Gasteiger partial charge on any atom is 0.341 e. The molecule has 1 aliphatic heterocycles. The molecular formula is C18H13NO4S3. The van der Waals surface area contributed by atoms with E-state index in [4.69, 9.17) is 22.1 Å². The van der Waals surface area contributed by atoms with Gasteiger partial charge in [-0.3, -0.25) is 4.79 Å². The molecule has 5 nitrogen and oxygen atoms in total. The molecule has 0 bridgehead atoms. The van der Waals surface area contributed by atoms with E-state index < -0.39 is 5.97 Å². The predicted octanol–water partition coefficient (Wildman–Crippen LogP) is 3.79. The van der Waals surface area contributed by atoms with Crippen molar-refractivity contribution in [3.8, 4) is 5.75 Å². The first-order valence-electron chi connectivity index (χ1n) is 7.47. The molecular weight excluding hydrogens is 390 g/mol. The molecule has 2 aromatic rings. The van der Waals surface area contributed by atoms with Crippen LogP contribution in [0.15, 0.2) is 63.2 Å². The maximum atomic E-state index is 11.9. The summed E-state index contributed by atoms with van der Waals surface area (Å²) in [4.78, 5) is 24.9. The SMILES string of the molecule is O=C(O)COc1ccc(Sc2ccccc2C=C2SC(=S)NC2=O)cc1. The lowest BCUT2D eigenvalue weighted by molar-refractivity contribution is -0.139. The molecule has 1 fully saturated rings. The maximum absolute atomic E-state index is 11.9. The molecule has 132 valence electrons. The first kappa shape index (κ1) is 18.5. The van der Waals surface area contributed by atoms with Gasteiger partial charge in [-0.25, -0.2) is 4.79 Å². The highest BCUT2D eigenvalue weighted by molar-refractivity contribution is 8.26. The number of benzene rings is 2. The molecule has 1 amide bonds. The van der Waals surface area contributed by atoms with Gasteiger partial charge in [-0.2, -0.15) is 0 Å². The number of hydrogen-bond acceptors (Lipinski definition) is 6. The van der Waals surface area contributed by atoms with Gasteiger partial charge in [-0.1, -0.05) is 53.9 Å². The van der Waals surface area contributed by atoms with Gasteiger partial charge in [0, 0.05) is 9.79 Å². The van der Waals surface area contributed by atoms with E-state index in [-0.39, 0.29) is 12.5 Å². The molecule has 0 atom stereocenters. The second-order valence-corrected chi connectivity index (χ2v) is 7.98. The van der Waals surface area contributed by atoms with Gasteiger partial charge in [0.2, 0.25) is 0 Å². The number of rotatable bonds is 6. The Morgan fingerprint density at radius 2 is 1.96 bits per heavy atom. The van der Waals surface area contributed by atoms with Crippen molar-refractivity contribution in [3.05, 3.63) is 59.0 Å². The van der Waals surface area contributed by atoms with E-state index in [9.17, 15) is 9.59 Å². The average molecular weight is 404 g/mol. The largest absolute Gasteiger partial charge is 0.482 e. The summed E-state index contributed by atoms with van der Waals surface area (Å²) in [6.07, 6.45) is 1.83. The highest BCUT2D eigenvalue weighted by Crippen LogP contribution is 2.34. The summed E-state index contributed by atoms with van der Waals surface area (Å²) in [7, 11) is 0. The smallest absolute Gasteiger partial charge is 0.341 e. The molecule has 1 saturated heterocycles. The van der Waals surface area contributed by atoms with Crippen molar-refractivity contribution >= 4 is 58.0 Å². The molecule has 3 rings (SSSR count). The number of thiocarbonyl (C=S) groups is 1. The molecule has 1 aliphatic rings. The van der Waals surface area contributed by atoms with E-state index in [1.165, 1.54) is 11.8 Å². The summed E-state index contributed by atoms with van der Waals surface area (Å²) in [5, 5.41) is 11.2. The molecule has 0 unspecified atom stereocenters. The van der Waals surface area contributed by atoms with Crippen LogP contribution in [-0.4, -0.2) is 27.9 Å². The standard InChI is InChI=1S/C18H13NO4S3/c20-16(21)10-23-12-5-7-13(8-6-12)25-14-4-2-1-3-11(14)9-15-17(22)19-18(24)26-15/h1-9H,10H2,(H,20,21)(H,19,22,24). The Hall–Kier alpha value is -2.29. The summed E-state index contributed by atoms with van der Waals surface area (Å²) in [6.45, 7) is -0.371. The summed E-state index contributed by atoms with van der Waals surface area (Å²) >= 11 is 7.81. The van der Waals surface area contributed by atoms with E-state index in [0.717, 1.165) is 15.4 Å². The first-order valence-corrected chi connectivity index (χ1v) is 9.52. The number of amides is 1. The highest BCUT2D eigenvalue weighted by atomic mass is 32.2. The fourth-order valence-electron chi connectivity index (χ4n) is 2.13. The third kappa shape index (κ3) is 4.87. The van der Waals surface area contributed by atoms with Crippen LogP contribution in [0, 0.1) is 0 Å². The van der Waals surface area contributed by atoms with Crippen molar-refractivity contribution in [2.24, 2.45) is 0 Å². The minimum absolute atomic E-state index is 0.181. The quantitative estimate of drug-likeness (QED) is 0.561. The number of aliphatic carboxylic acids is 1. The number of ether oxygens (including phenoxy) is 1. The van der Waals surface area contributed by atoms with Crippen molar-refractivity contribution in [1.82, 2.24) is 5.32 Å². The molecule has 2 N–H and O–H groups in total. The molecule has 1 heterocycles. The molecule has 0 spiro atoms. The number of nitrogens with one attached hydrogen (secondary N) is 1. The molecule has 0 saturated carbocycles. The highest BCUT2D eigenvalue weighted by Gasteiger charge is 2.22. The first-order chi connectivity index (χ1) is 12.5. The number of thioether (sulfide) groups is 1. The van der Waals surface area contributed by atoms with Crippen LogP contribution in [0.25, 0.3) is 6.08 Å². The van der Waals surface area contributed by atoms with Crippen molar-refractivity contribution in [3.63, 3.8) is 0 Å². The van der Waals surface area contributed by atoms with Gasteiger partial charge in [0.25, 0.3) is 5.91 Å². The molecule has 2 aromatic carbocycles. The van der Waals surface area contributed by atoms with Gasteiger partial charge in [0.1, 0.15) is 10.1 Å². The molecule has 0 aromatic heterocycles. The van der Waals surface area contributed by atoms with Gasteiger partial charge < -0.3 is 15.2 Å². The third-order valence-electron chi connectivity index (χ3n) is 3.26. The zero-order valence-electron chi connectivity index (χ0n) is 13.3. The van der Waals surface area contributed by atoms with Crippen LogP contribution in [0.5, 0.6) is 5.75 Å². The van der Waals surface area contributed by atoms with Gasteiger partial charge in [0.05, 0.1) is 4.91 Å². The Bertz CT molecular complexity index is 894. The van der Waals surface area contributed by atoms with Gasteiger partial charge in [-0.15, -0.1) is 0 Å². The lowest BCUT2D eigenvalue weighted by Crippen LogP contribution is -2.17. The Balaban J connectivity index is 1.76. The van der Waals surface area contributed by atoms with Crippen LogP contribution in [0.2, 0.25) is 0 Å². The summed E-state index contributed by atoms with van der Waals surface area (Å²) in [5.74, 6) is -0.696. The lowest BCUT2D eigenvalue weighted by Gasteiger charge is -2.08. The van der Waals surface area contributed by atoms with Crippen molar-refractivity contribution in [1.29, 1.82) is 0 Å². The van der Waals surface area contributed by atoms with Crippen LogP contribution in [0.4, 0.5) is 0 Å². The number of carbonyl (C=O) groups excluding carboxylic acids is 1. The Morgan fingerprint density at radius 1 is 1.23 bits per heavy atom. The minimum Gasteiger partial charge on any atom is -0.482 e. The second-order valence-electron chi connectivity index (χ2n) is 5.15. The minimum atomic E-state index is -1.02. The van der Waals surface area contributed by atoms with E-state index in [1.54, 1.807) is 23.9 Å². The third-order valence-corrected chi connectivity index (χ3v) is 5.52. The van der Waals surface area contributed by atoms with Gasteiger partial charge >= 0.3 is 5.97 Å². The topological polar surface area (TPSA) is 75.6 Å². The van der Waals surface area contributed by atoms with Crippen molar-refractivity contribution < 1.29 is 19.4 Å². The Kier molecular flexibility index (Phi) is 5.97. The second kappa shape index (κ2) is 8.39. The fraction of sp³-hybridized carbons (Fsp3) is 0.0556. The lowest BCUT2D eigenvalue weighted by atomic mass is 10.2. The Morgan fingerprint density at radius 3 is 2.62 bits per heavy atom. The monoisotopic (exact) mass is 403 g/mol. The number of carboxylic acid groups (broad SMARTS) is 1.